The molecule has 3 aromatic rings. The molecular formula is C25H23N3O3. The summed E-state index contributed by atoms with van der Waals surface area (Å²) < 4.78 is 0. The molecule has 6 nitrogen and oxygen atoms in total. The minimum Gasteiger partial charge on any atom is -0.478 e. The summed E-state index contributed by atoms with van der Waals surface area (Å²) in [6.07, 6.45) is 4.44. The zero-order valence-corrected chi connectivity index (χ0v) is 17.2. The molecule has 1 aliphatic heterocycles. The molecule has 0 saturated carbocycles. The van der Waals surface area contributed by atoms with Crippen LogP contribution in [0.2, 0.25) is 0 Å². The van der Waals surface area contributed by atoms with Gasteiger partial charge in [0.15, 0.2) is 0 Å². The van der Waals surface area contributed by atoms with Gasteiger partial charge in [-0.05, 0) is 48.2 Å². The fourth-order valence-corrected chi connectivity index (χ4v) is 3.77. The number of rotatable bonds is 5. The summed E-state index contributed by atoms with van der Waals surface area (Å²) in [5.74, 6) is -0.979. The lowest BCUT2D eigenvalue weighted by atomic mass is 9.95. The molecule has 1 amide bonds. The Morgan fingerprint density at radius 2 is 1.81 bits per heavy atom. The van der Waals surface area contributed by atoms with Gasteiger partial charge in [0.25, 0.3) is 5.91 Å². The molecule has 2 aromatic carbocycles. The smallest absolute Gasteiger partial charge is 0.339 e. The van der Waals surface area contributed by atoms with Crippen molar-refractivity contribution in [3.05, 3.63) is 95.2 Å². The van der Waals surface area contributed by atoms with Crippen LogP contribution in [0.25, 0.3) is 5.57 Å². The second-order valence-electron chi connectivity index (χ2n) is 7.46. The Kier molecular flexibility index (Phi) is 5.80. The molecule has 2 heterocycles. The highest BCUT2D eigenvalue weighted by atomic mass is 16.4. The first-order valence-corrected chi connectivity index (χ1v) is 10.1. The lowest BCUT2D eigenvalue weighted by Gasteiger charge is -2.29. The van der Waals surface area contributed by atoms with Crippen LogP contribution in [-0.2, 0) is 0 Å². The van der Waals surface area contributed by atoms with Crippen molar-refractivity contribution in [1.29, 1.82) is 0 Å². The van der Waals surface area contributed by atoms with E-state index in [1.54, 1.807) is 24.3 Å². The van der Waals surface area contributed by atoms with E-state index in [9.17, 15) is 14.7 Å². The van der Waals surface area contributed by atoms with Crippen molar-refractivity contribution in [2.45, 2.75) is 13.3 Å². The largest absolute Gasteiger partial charge is 0.478 e. The number of hydrogen-bond donors (Lipinski definition) is 2. The molecule has 0 unspecified atom stereocenters. The molecule has 31 heavy (non-hydrogen) atoms. The zero-order valence-electron chi connectivity index (χ0n) is 17.2. The number of aromatic nitrogens is 1. The quantitative estimate of drug-likeness (QED) is 0.637. The monoisotopic (exact) mass is 413 g/mol. The number of carboxylic acid groups (broad SMARTS) is 1. The van der Waals surface area contributed by atoms with Crippen molar-refractivity contribution in [1.82, 2.24) is 4.98 Å². The van der Waals surface area contributed by atoms with E-state index in [-0.39, 0.29) is 11.5 Å². The normalized spacial score (nSPS) is 13.5. The van der Waals surface area contributed by atoms with Gasteiger partial charge in [0.1, 0.15) is 11.4 Å². The minimum atomic E-state index is -1.08. The van der Waals surface area contributed by atoms with E-state index in [1.165, 1.54) is 29.0 Å². The van der Waals surface area contributed by atoms with Crippen LogP contribution in [-0.4, -0.2) is 35.1 Å². The molecule has 0 bridgehead atoms. The van der Waals surface area contributed by atoms with E-state index in [0.717, 1.165) is 6.42 Å². The second-order valence-corrected chi connectivity index (χ2v) is 7.46. The Balaban J connectivity index is 1.55. The number of benzene rings is 2. The molecule has 0 atom stereocenters. The van der Waals surface area contributed by atoms with Crippen LogP contribution in [0.3, 0.4) is 0 Å². The molecule has 0 saturated heterocycles. The summed E-state index contributed by atoms with van der Waals surface area (Å²) in [6, 6.07) is 18.5. The number of carbonyl (C=O) groups excluding carboxylic acids is 1. The average molecular weight is 413 g/mol. The molecule has 0 fully saturated rings. The average Bonchev–Trinajstić information content (AvgIpc) is 2.80. The fraction of sp³-hybridized carbons (Fsp3) is 0.160. The number of carboxylic acids is 1. The van der Waals surface area contributed by atoms with E-state index < -0.39 is 5.97 Å². The number of nitrogens with one attached hydrogen (secondary N) is 1. The van der Waals surface area contributed by atoms with E-state index in [2.05, 4.69) is 35.4 Å². The van der Waals surface area contributed by atoms with Gasteiger partial charge < -0.3 is 15.3 Å². The third-order valence-electron chi connectivity index (χ3n) is 5.39. The maximum absolute atomic E-state index is 12.4. The molecule has 0 spiro atoms. The number of aromatic carboxylic acids is 1. The molecular weight excluding hydrogens is 390 g/mol. The predicted octanol–water partition coefficient (Wildman–Crippen LogP) is 4.63. The lowest BCUT2D eigenvalue weighted by Crippen LogP contribution is -2.30. The van der Waals surface area contributed by atoms with Gasteiger partial charge in [0.2, 0.25) is 0 Å². The first kappa shape index (κ1) is 20.3. The Labute approximate surface area is 180 Å². The third kappa shape index (κ3) is 4.48. The summed E-state index contributed by atoms with van der Waals surface area (Å²) in [5, 5.41) is 12.5. The number of hydrogen-bond acceptors (Lipinski definition) is 4. The highest BCUT2D eigenvalue weighted by Crippen LogP contribution is 2.29. The maximum Gasteiger partial charge on any atom is 0.339 e. The molecule has 2 N–H and O–H groups in total. The molecule has 1 aliphatic rings. The maximum atomic E-state index is 12.4. The van der Waals surface area contributed by atoms with Gasteiger partial charge in [-0.3, -0.25) is 4.79 Å². The van der Waals surface area contributed by atoms with Crippen LogP contribution < -0.4 is 10.2 Å². The van der Waals surface area contributed by atoms with Gasteiger partial charge >= 0.3 is 5.97 Å². The summed E-state index contributed by atoms with van der Waals surface area (Å²) in [7, 11) is 0. The molecule has 6 heteroatoms. The summed E-state index contributed by atoms with van der Waals surface area (Å²) >= 11 is 0. The summed E-state index contributed by atoms with van der Waals surface area (Å²) in [6.45, 7) is 3.34. The standard InChI is InChI=1S/C25H23N3O3/c1-17-7-5-6-10-21(17)18-11-13-28(14-12-18)23-22(25(30)31)15-20(16-26-23)27-24(29)19-8-3-2-4-9-19/h2-11,15-16H,12-14H2,1H3,(H,27,29)(H,30,31). The molecule has 0 radical (unpaired) electrons. The van der Waals surface area contributed by atoms with Crippen molar-refractivity contribution >= 4 is 29.0 Å². The Bertz CT molecular complexity index is 1160. The van der Waals surface area contributed by atoms with Crippen molar-refractivity contribution < 1.29 is 14.7 Å². The molecule has 156 valence electrons. The third-order valence-corrected chi connectivity index (χ3v) is 5.39. The van der Waals surface area contributed by atoms with Crippen LogP contribution in [0, 0.1) is 6.92 Å². The van der Waals surface area contributed by atoms with Crippen LogP contribution in [0.5, 0.6) is 0 Å². The number of aryl methyl sites for hydroxylation is 1. The van der Waals surface area contributed by atoms with Gasteiger partial charge in [0.05, 0.1) is 11.9 Å². The van der Waals surface area contributed by atoms with E-state index in [4.69, 9.17) is 0 Å². The molecule has 0 aliphatic carbocycles. The number of carbonyl (C=O) groups is 2. The Morgan fingerprint density at radius 3 is 2.48 bits per heavy atom. The van der Waals surface area contributed by atoms with Crippen molar-refractivity contribution in [3.63, 3.8) is 0 Å². The van der Waals surface area contributed by atoms with Crippen molar-refractivity contribution in [2.24, 2.45) is 0 Å². The number of pyridine rings is 1. The van der Waals surface area contributed by atoms with Gasteiger partial charge in [0, 0.05) is 18.7 Å². The van der Waals surface area contributed by atoms with E-state index >= 15 is 0 Å². The Morgan fingerprint density at radius 1 is 1.06 bits per heavy atom. The lowest BCUT2D eigenvalue weighted by molar-refractivity contribution is 0.0696. The van der Waals surface area contributed by atoms with Crippen LogP contribution in [0.1, 0.15) is 38.3 Å². The summed E-state index contributed by atoms with van der Waals surface area (Å²) in [4.78, 5) is 30.6. The fourth-order valence-electron chi connectivity index (χ4n) is 3.77. The first-order valence-electron chi connectivity index (χ1n) is 10.1. The SMILES string of the molecule is Cc1ccccc1C1=CCN(c2ncc(NC(=O)c3ccccc3)cc2C(=O)O)CC1. The second kappa shape index (κ2) is 8.83. The zero-order chi connectivity index (χ0) is 21.8. The van der Waals surface area contributed by atoms with Gasteiger partial charge in [-0.2, -0.15) is 0 Å². The molecule has 4 rings (SSSR count). The van der Waals surface area contributed by atoms with Crippen LogP contribution in [0.4, 0.5) is 11.5 Å². The van der Waals surface area contributed by atoms with Crippen LogP contribution in [0.15, 0.2) is 72.9 Å². The number of amides is 1. The molecule has 1 aromatic heterocycles. The number of anilines is 2. The highest BCUT2D eigenvalue weighted by molar-refractivity contribution is 6.05. The highest BCUT2D eigenvalue weighted by Gasteiger charge is 2.22. The minimum absolute atomic E-state index is 0.0682. The van der Waals surface area contributed by atoms with E-state index in [0.29, 0.717) is 30.2 Å². The first-order chi connectivity index (χ1) is 15.0. The van der Waals surface area contributed by atoms with Gasteiger partial charge in [-0.1, -0.05) is 48.5 Å². The number of nitrogens with zero attached hydrogens (tertiary/aromatic N) is 2. The predicted molar refractivity (Wildman–Crippen MR) is 122 cm³/mol. The Hall–Kier alpha value is -3.93. The van der Waals surface area contributed by atoms with Crippen LogP contribution >= 0.6 is 0 Å². The summed E-state index contributed by atoms with van der Waals surface area (Å²) in [5.41, 5.74) is 4.63. The van der Waals surface area contributed by atoms with Crippen molar-refractivity contribution in [2.75, 3.05) is 23.3 Å². The topological polar surface area (TPSA) is 82.5 Å². The van der Waals surface area contributed by atoms with Gasteiger partial charge in [-0.25, -0.2) is 9.78 Å². The van der Waals surface area contributed by atoms with Gasteiger partial charge in [-0.15, -0.1) is 0 Å². The van der Waals surface area contributed by atoms with E-state index in [1.807, 2.05) is 23.1 Å². The van der Waals surface area contributed by atoms with Crippen molar-refractivity contribution in [3.8, 4) is 0 Å².